The number of carbonyl (C=O) groups excluding carboxylic acids is 2. The van der Waals surface area contributed by atoms with Gasteiger partial charge in [0.2, 0.25) is 5.91 Å². The maximum atomic E-state index is 12.9. The van der Waals surface area contributed by atoms with Gasteiger partial charge in [0.25, 0.3) is 0 Å². The summed E-state index contributed by atoms with van der Waals surface area (Å²) in [5, 5.41) is 13.2. The van der Waals surface area contributed by atoms with E-state index in [1.165, 1.54) is 6.42 Å². The summed E-state index contributed by atoms with van der Waals surface area (Å²) < 4.78 is 0. The molecule has 6 heteroatoms. The molecule has 1 saturated carbocycles. The van der Waals surface area contributed by atoms with Gasteiger partial charge >= 0.3 is 6.03 Å². The second kappa shape index (κ2) is 10.0. The van der Waals surface area contributed by atoms with Crippen LogP contribution in [0.5, 0.6) is 0 Å². The van der Waals surface area contributed by atoms with Gasteiger partial charge < -0.3 is 20.2 Å². The summed E-state index contributed by atoms with van der Waals surface area (Å²) in [6, 6.07) is 18.2. The highest BCUT2D eigenvalue weighted by Gasteiger charge is 2.54. The minimum absolute atomic E-state index is 0.0198. The van der Waals surface area contributed by atoms with Crippen LogP contribution < -0.4 is 5.32 Å². The molecule has 5 rings (SSSR count). The first-order valence-electron chi connectivity index (χ1n) is 12.4. The number of aliphatic hydroxyl groups excluding tert-OH is 1. The first-order chi connectivity index (χ1) is 16.6. The Balaban J connectivity index is 1.27. The molecule has 0 unspecified atom stereocenters. The fourth-order valence-electron chi connectivity index (χ4n) is 5.75. The highest BCUT2D eigenvalue weighted by molar-refractivity contribution is 5.87. The zero-order valence-corrected chi connectivity index (χ0v) is 19.5. The summed E-state index contributed by atoms with van der Waals surface area (Å²) in [5.41, 5.74) is 3.34. The van der Waals surface area contributed by atoms with Crippen LogP contribution in [0.3, 0.4) is 0 Å². The number of piperazine rings is 1. The molecule has 0 radical (unpaired) electrons. The van der Waals surface area contributed by atoms with E-state index in [0.29, 0.717) is 6.54 Å². The maximum Gasteiger partial charge on any atom is 0.318 e. The Morgan fingerprint density at radius 3 is 2.32 bits per heavy atom. The summed E-state index contributed by atoms with van der Waals surface area (Å²) >= 11 is 0. The van der Waals surface area contributed by atoms with E-state index in [9.17, 15) is 14.7 Å². The van der Waals surface area contributed by atoms with Gasteiger partial charge in [-0.1, -0.05) is 86.0 Å². The minimum atomic E-state index is -0.230. The highest BCUT2D eigenvalue weighted by atomic mass is 16.3. The third kappa shape index (κ3) is 4.60. The Hall–Kier alpha value is -3.12. The van der Waals surface area contributed by atoms with Gasteiger partial charge in [0.1, 0.15) is 6.54 Å². The Bertz CT molecular complexity index is 1030. The number of nitrogens with one attached hydrogen (secondary N) is 1. The smallest absolute Gasteiger partial charge is 0.318 e. The van der Waals surface area contributed by atoms with Crippen molar-refractivity contribution >= 4 is 24.1 Å². The maximum absolute atomic E-state index is 12.9. The molecule has 3 atom stereocenters. The normalized spacial score (nSPS) is 25.2. The van der Waals surface area contributed by atoms with Gasteiger partial charge in [-0.25, -0.2) is 4.79 Å². The number of rotatable bonds is 5. The quantitative estimate of drug-likeness (QED) is 0.667. The van der Waals surface area contributed by atoms with Crippen LogP contribution in [-0.2, 0) is 4.79 Å². The molecule has 0 bridgehead atoms. The fourth-order valence-corrected chi connectivity index (χ4v) is 5.75. The first kappa shape index (κ1) is 22.7. The molecule has 3 aliphatic rings. The van der Waals surface area contributed by atoms with Gasteiger partial charge in [0.05, 0.1) is 18.7 Å². The number of hydrogen-bond donors (Lipinski definition) is 2. The summed E-state index contributed by atoms with van der Waals surface area (Å²) in [5.74, 6) is -0.0563. The molecule has 34 heavy (non-hydrogen) atoms. The van der Waals surface area contributed by atoms with Crippen molar-refractivity contribution in [2.75, 3.05) is 19.7 Å². The van der Waals surface area contributed by atoms with E-state index < -0.39 is 0 Å². The Morgan fingerprint density at radius 1 is 0.971 bits per heavy atom. The zero-order valence-electron chi connectivity index (χ0n) is 19.5. The third-order valence-electron chi connectivity index (χ3n) is 7.56. The number of nitrogens with zero attached hydrogens (tertiary/aromatic N) is 2. The van der Waals surface area contributed by atoms with Crippen LogP contribution >= 0.6 is 0 Å². The molecule has 2 aromatic carbocycles. The van der Waals surface area contributed by atoms with E-state index in [1.54, 1.807) is 9.80 Å². The number of fused-ring (bicyclic) bond motifs is 1. The van der Waals surface area contributed by atoms with Crippen LogP contribution in [0.4, 0.5) is 4.79 Å². The standard InChI is InChI=1S/C28H33N3O3/c32-19-25-27(22-15-13-21(14-16-22)12-11-20-7-3-1-4-8-20)24-17-30(18-26(33)31(24)25)28(34)29-23-9-5-2-6-10-23/h1,3-4,7-8,11-16,23-25,27,32H,2,5-6,9-10,17-19H2,(H,29,34)/b12-11+/t24-,25+,27-/m1/s1. The lowest BCUT2D eigenvalue weighted by atomic mass is 9.73. The van der Waals surface area contributed by atoms with Crippen molar-refractivity contribution in [3.05, 3.63) is 71.3 Å². The fraction of sp³-hybridized carbons (Fsp3) is 0.429. The molecule has 178 valence electrons. The SMILES string of the molecule is O=C(NC1CCCCC1)N1CC(=O)N2[C@H](C1)[C@@H](c1ccc(/C=C/c3ccccc3)cc1)[C@@H]2CO. The predicted octanol–water partition coefficient (Wildman–Crippen LogP) is 3.87. The van der Waals surface area contributed by atoms with Crippen molar-refractivity contribution in [2.24, 2.45) is 0 Å². The van der Waals surface area contributed by atoms with Crippen LogP contribution in [0.15, 0.2) is 54.6 Å². The summed E-state index contributed by atoms with van der Waals surface area (Å²) in [4.78, 5) is 29.2. The molecule has 0 aromatic heterocycles. The van der Waals surface area contributed by atoms with Crippen LogP contribution in [-0.4, -0.2) is 64.7 Å². The molecular formula is C28H33N3O3. The Kier molecular flexibility index (Phi) is 6.68. The summed E-state index contributed by atoms with van der Waals surface area (Å²) in [6.45, 7) is 0.513. The molecule has 6 nitrogen and oxygen atoms in total. The molecule has 2 aromatic rings. The zero-order chi connectivity index (χ0) is 23.5. The second-order valence-corrected chi connectivity index (χ2v) is 9.72. The van der Waals surface area contributed by atoms with Gasteiger partial charge in [0, 0.05) is 18.5 Å². The van der Waals surface area contributed by atoms with Crippen LogP contribution in [0.1, 0.15) is 54.7 Å². The molecule has 2 N–H and O–H groups in total. The van der Waals surface area contributed by atoms with Crippen molar-refractivity contribution < 1.29 is 14.7 Å². The van der Waals surface area contributed by atoms with Gasteiger partial charge in [-0.3, -0.25) is 4.79 Å². The average Bonchev–Trinajstić information content (AvgIpc) is 2.86. The molecule has 2 saturated heterocycles. The third-order valence-corrected chi connectivity index (χ3v) is 7.56. The van der Waals surface area contributed by atoms with E-state index in [1.807, 2.05) is 18.2 Å². The van der Waals surface area contributed by atoms with Gasteiger partial charge in [-0.05, 0) is 29.5 Å². The van der Waals surface area contributed by atoms with Crippen molar-refractivity contribution in [3.63, 3.8) is 0 Å². The van der Waals surface area contributed by atoms with E-state index >= 15 is 0 Å². The molecular weight excluding hydrogens is 426 g/mol. The number of amides is 3. The number of carbonyl (C=O) groups is 2. The second-order valence-electron chi connectivity index (χ2n) is 9.72. The number of benzene rings is 2. The lowest BCUT2D eigenvalue weighted by Gasteiger charge is -2.58. The molecule has 2 heterocycles. The number of hydrogen-bond acceptors (Lipinski definition) is 3. The molecule has 2 aliphatic heterocycles. The van der Waals surface area contributed by atoms with Gasteiger partial charge in [0.15, 0.2) is 0 Å². The van der Waals surface area contributed by atoms with Crippen LogP contribution in [0.2, 0.25) is 0 Å². The van der Waals surface area contributed by atoms with Crippen LogP contribution in [0.25, 0.3) is 12.2 Å². The number of aliphatic hydroxyl groups is 1. The van der Waals surface area contributed by atoms with Gasteiger partial charge in [-0.15, -0.1) is 0 Å². The molecule has 0 spiro atoms. The lowest BCUT2D eigenvalue weighted by Crippen LogP contribution is -2.74. The Labute approximate surface area is 201 Å². The monoisotopic (exact) mass is 459 g/mol. The molecule has 3 amide bonds. The van der Waals surface area contributed by atoms with Gasteiger partial charge in [-0.2, -0.15) is 0 Å². The Morgan fingerprint density at radius 2 is 1.65 bits per heavy atom. The van der Waals surface area contributed by atoms with Crippen LogP contribution in [0, 0.1) is 0 Å². The van der Waals surface area contributed by atoms with Crippen molar-refractivity contribution in [1.29, 1.82) is 0 Å². The molecule has 3 fully saturated rings. The largest absolute Gasteiger partial charge is 0.394 e. The van der Waals surface area contributed by atoms with Crippen molar-refractivity contribution in [2.45, 2.75) is 56.1 Å². The topological polar surface area (TPSA) is 72.9 Å². The number of urea groups is 1. The van der Waals surface area contributed by atoms with E-state index in [-0.39, 0.29) is 49.1 Å². The molecule has 1 aliphatic carbocycles. The van der Waals surface area contributed by atoms with E-state index in [0.717, 1.165) is 42.4 Å². The minimum Gasteiger partial charge on any atom is -0.394 e. The average molecular weight is 460 g/mol. The van der Waals surface area contributed by atoms with Crippen molar-refractivity contribution in [3.8, 4) is 0 Å². The van der Waals surface area contributed by atoms with E-state index in [2.05, 4.69) is 53.9 Å². The first-order valence-corrected chi connectivity index (χ1v) is 12.4. The summed E-state index contributed by atoms with van der Waals surface area (Å²) in [7, 11) is 0. The lowest BCUT2D eigenvalue weighted by molar-refractivity contribution is -0.159. The summed E-state index contributed by atoms with van der Waals surface area (Å²) in [6.07, 6.45) is 9.73. The highest BCUT2D eigenvalue weighted by Crippen LogP contribution is 2.43. The predicted molar refractivity (Wildman–Crippen MR) is 133 cm³/mol. The van der Waals surface area contributed by atoms with E-state index in [4.69, 9.17) is 0 Å². The van der Waals surface area contributed by atoms with Crippen molar-refractivity contribution in [1.82, 2.24) is 15.1 Å².